The van der Waals surface area contributed by atoms with Crippen LogP contribution in [0.3, 0.4) is 0 Å². The van der Waals surface area contributed by atoms with Gasteiger partial charge in [-0.25, -0.2) is 13.4 Å². The molecule has 128 valence electrons. The molecule has 0 aliphatic carbocycles. The number of rotatable bonds is 2. The molecule has 0 amide bonds. The van der Waals surface area contributed by atoms with E-state index in [-0.39, 0.29) is 5.75 Å². The Morgan fingerprint density at radius 2 is 1.88 bits per heavy atom. The molecule has 6 nitrogen and oxygen atoms in total. The first-order valence-electron chi connectivity index (χ1n) is 7.91. The van der Waals surface area contributed by atoms with Crippen molar-refractivity contribution in [3.63, 3.8) is 0 Å². The zero-order valence-electron chi connectivity index (χ0n) is 13.9. The predicted octanol–water partition coefficient (Wildman–Crippen LogP) is 2.67. The fraction of sp³-hybridized carbons (Fsp3) is 0.222. The van der Waals surface area contributed by atoms with Gasteiger partial charge in [-0.1, -0.05) is 18.2 Å². The minimum atomic E-state index is -3.44. The average Bonchev–Trinajstić information content (AvgIpc) is 2.60. The zero-order chi connectivity index (χ0) is 17.6. The van der Waals surface area contributed by atoms with Gasteiger partial charge in [0, 0.05) is 5.57 Å². The van der Waals surface area contributed by atoms with Crippen molar-refractivity contribution in [3.8, 4) is 5.75 Å². The lowest BCUT2D eigenvalue weighted by Crippen LogP contribution is -2.39. The maximum absolute atomic E-state index is 11.9. The smallest absolute Gasteiger partial charge is 0.256 e. The summed E-state index contributed by atoms with van der Waals surface area (Å²) >= 11 is 0. The van der Waals surface area contributed by atoms with Gasteiger partial charge < -0.3 is 4.74 Å². The van der Waals surface area contributed by atoms with Crippen LogP contribution in [0.2, 0.25) is 0 Å². The van der Waals surface area contributed by atoms with Crippen molar-refractivity contribution in [3.05, 3.63) is 48.0 Å². The molecule has 0 unspecified atom stereocenters. The number of fused-ring (bicyclic) bond motifs is 2. The number of allylic oxidation sites excluding steroid dienone is 1. The number of benzene rings is 2. The number of methoxy groups -OCH3 is 1. The number of amidine groups is 1. The molecule has 2 aromatic carbocycles. The van der Waals surface area contributed by atoms with Crippen molar-refractivity contribution < 1.29 is 13.2 Å². The van der Waals surface area contributed by atoms with Gasteiger partial charge in [0.1, 0.15) is 5.75 Å². The fourth-order valence-electron chi connectivity index (χ4n) is 3.04. The van der Waals surface area contributed by atoms with E-state index >= 15 is 0 Å². The lowest BCUT2D eigenvalue weighted by molar-refractivity contribution is 0.415. The Kier molecular flexibility index (Phi) is 3.61. The molecule has 0 saturated heterocycles. The summed E-state index contributed by atoms with van der Waals surface area (Å²) in [5, 5.41) is 8.16. The van der Waals surface area contributed by atoms with E-state index in [1.54, 1.807) is 12.1 Å². The zero-order valence-corrected chi connectivity index (χ0v) is 14.7. The number of ether oxygens (including phenoxy) is 1. The van der Waals surface area contributed by atoms with Crippen LogP contribution in [0.1, 0.15) is 12.5 Å². The van der Waals surface area contributed by atoms with Crippen LogP contribution in [0.15, 0.2) is 52.0 Å². The molecule has 2 aliphatic rings. The number of hydrogen-bond acceptors (Lipinski definition) is 5. The molecule has 25 heavy (non-hydrogen) atoms. The van der Waals surface area contributed by atoms with Gasteiger partial charge in [0.15, 0.2) is 5.84 Å². The van der Waals surface area contributed by atoms with E-state index in [0.29, 0.717) is 12.4 Å². The van der Waals surface area contributed by atoms with Crippen molar-refractivity contribution in [2.45, 2.75) is 6.92 Å². The maximum atomic E-state index is 11.9. The van der Waals surface area contributed by atoms with Crippen molar-refractivity contribution in [2.24, 2.45) is 9.50 Å². The quantitative estimate of drug-likeness (QED) is 0.830. The van der Waals surface area contributed by atoms with Crippen LogP contribution in [-0.2, 0) is 10.0 Å². The summed E-state index contributed by atoms with van der Waals surface area (Å²) in [6.45, 7) is 2.21. The van der Waals surface area contributed by atoms with Gasteiger partial charge in [-0.05, 0) is 47.5 Å². The molecule has 0 N–H and O–H groups in total. The average molecular weight is 355 g/mol. The summed E-state index contributed by atoms with van der Waals surface area (Å²) in [7, 11) is -1.80. The van der Waals surface area contributed by atoms with E-state index in [9.17, 15) is 8.42 Å². The van der Waals surface area contributed by atoms with Gasteiger partial charge in [-0.15, -0.1) is 4.40 Å². The summed E-state index contributed by atoms with van der Waals surface area (Å²) in [6, 6.07) is 11.9. The third-order valence-electron chi connectivity index (χ3n) is 4.26. The molecule has 2 heterocycles. The SMILES string of the molecule is COc1ccc2cc(C3=CC(C)=NN4CCS(=O)(=O)N=C34)ccc2c1. The molecule has 0 fully saturated rings. The van der Waals surface area contributed by atoms with E-state index in [4.69, 9.17) is 4.74 Å². The maximum Gasteiger partial charge on any atom is 0.256 e. The molecule has 0 bridgehead atoms. The van der Waals surface area contributed by atoms with E-state index in [1.165, 1.54) is 0 Å². The minimum Gasteiger partial charge on any atom is -0.497 e. The number of hydrazone groups is 1. The lowest BCUT2D eigenvalue weighted by Gasteiger charge is -2.29. The van der Waals surface area contributed by atoms with E-state index < -0.39 is 10.0 Å². The highest BCUT2D eigenvalue weighted by Crippen LogP contribution is 2.29. The highest BCUT2D eigenvalue weighted by atomic mass is 32.2. The van der Waals surface area contributed by atoms with Crippen LogP contribution in [0.4, 0.5) is 0 Å². The van der Waals surface area contributed by atoms with Crippen LogP contribution in [0, 0.1) is 0 Å². The van der Waals surface area contributed by atoms with Crippen molar-refractivity contribution in [1.82, 2.24) is 5.01 Å². The lowest BCUT2D eigenvalue weighted by atomic mass is 9.98. The Bertz CT molecular complexity index is 1070. The monoisotopic (exact) mass is 355 g/mol. The molecule has 2 aromatic rings. The highest BCUT2D eigenvalue weighted by molar-refractivity contribution is 7.90. The van der Waals surface area contributed by atoms with Gasteiger partial charge in [-0.2, -0.15) is 5.10 Å². The third-order valence-corrected chi connectivity index (χ3v) is 5.41. The first-order valence-corrected chi connectivity index (χ1v) is 9.52. The largest absolute Gasteiger partial charge is 0.497 e. The number of hydrogen-bond donors (Lipinski definition) is 0. The highest BCUT2D eigenvalue weighted by Gasteiger charge is 2.29. The molecule has 4 rings (SSSR count). The van der Waals surface area contributed by atoms with Crippen molar-refractivity contribution in [2.75, 3.05) is 19.4 Å². The molecular weight excluding hydrogens is 338 g/mol. The predicted molar refractivity (Wildman–Crippen MR) is 99.5 cm³/mol. The summed E-state index contributed by atoms with van der Waals surface area (Å²) < 4.78 is 33.1. The van der Waals surface area contributed by atoms with Crippen LogP contribution in [0.5, 0.6) is 5.75 Å². The van der Waals surface area contributed by atoms with Gasteiger partial charge >= 0.3 is 0 Å². The molecule has 0 spiro atoms. The molecule has 2 aliphatic heterocycles. The first kappa shape index (κ1) is 15.8. The summed E-state index contributed by atoms with van der Waals surface area (Å²) in [6.07, 6.45) is 1.88. The Balaban J connectivity index is 1.86. The fourth-order valence-corrected chi connectivity index (χ4v) is 3.99. The second-order valence-corrected chi connectivity index (χ2v) is 7.81. The third kappa shape index (κ3) is 2.91. The second-order valence-electron chi connectivity index (χ2n) is 6.05. The first-order chi connectivity index (χ1) is 11.9. The second kappa shape index (κ2) is 5.70. The van der Waals surface area contributed by atoms with Crippen LogP contribution in [-0.4, -0.2) is 44.4 Å². The minimum absolute atomic E-state index is 0.0158. The Hall–Kier alpha value is -2.67. The number of sulfonamides is 1. The topological polar surface area (TPSA) is 71.3 Å². The Morgan fingerprint density at radius 3 is 2.68 bits per heavy atom. The van der Waals surface area contributed by atoms with E-state index in [0.717, 1.165) is 33.4 Å². The standard InChI is InChI=1S/C18H17N3O3S/c1-12-9-17(18-20-25(22,23)8-7-21(18)19-12)15-4-3-14-11-16(24-2)6-5-13(14)10-15/h3-6,9-11H,7-8H2,1-2H3. The van der Waals surface area contributed by atoms with E-state index in [2.05, 4.69) is 9.50 Å². The van der Waals surface area contributed by atoms with E-state index in [1.807, 2.05) is 49.4 Å². The van der Waals surface area contributed by atoms with Gasteiger partial charge in [0.25, 0.3) is 10.0 Å². The van der Waals surface area contributed by atoms with Gasteiger partial charge in [0.05, 0.1) is 25.1 Å². The van der Waals surface area contributed by atoms with Crippen molar-refractivity contribution >= 4 is 37.9 Å². The van der Waals surface area contributed by atoms with Crippen LogP contribution in [0.25, 0.3) is 16.3 Å². The van der Waals surface area contributed by atoms with Gasteiger partial charge in [-0.3, -0.25) is 0 Å². The molecule has 7 heteroatoms. The molecular formula is C18H17N3O3S. The summed E-state index contributed by atoms with van der Waals surface area (Å²) in [4.78, 5) is 0. The molecule has 0 atom stereocenters. The summed E-state index contributed by atoms with van der Waals surface area (Å²) in [5.41, 5.74) is 2.50. The van der Waals surface area contributed by atoms with Crippen molar-refractivity contribution in [1.29, 1.82) is 0 Å². The Labute approximate surface area is 146 Å². The van der Waals surface area contributed by atoms with Gasteiger partial charge in [0.2, 0.25) is 0 Å². The molecule has 0 saturated carbocycles. The number of nitrogens with zero attached hydrogens (tertiary/aromatic N) is 3. The van der Waals surface area contributed by atoms with Crippen LogP contribution < -0.4 is 4.74 Å². The normalized spacial score (nSPS) is 19.0. The molecule has 0 radical (unpaired) electrons. The summed E-state index contributed by atoms with van der Waals surface area (Å²) in [5.74, 6) is 1.18. The van der Waals surface area contributed by atoms with Crippen LogP contribution >= 0.6 is 0 Å². The Morgan fingerprint density at radius 1 is 1.12 bits per heavy atom. The molecule has 0 aromatic heterocycles.